The predicted octanol–water partition coefficient (Wildman–Crippen LogP) is 3.54. The minimum Gasteiger partial charge on any atom is -0.297 e. The average molecular weight is 261 g/mol. The van der Waals surface area contributed by atoms with E-state index in [9.17, 15) is 4.79 Å². The lowest BCUT2D eigenvalue weighted by Gasteiger charge is -2.35. The van der Waals surface area contributed by atoms with Crippen molar-refractivity contribution in [2.24, 2.45) is 0 Å². The molecule has 0 aliphatic heterocycles. The Bertz CT molecular complexity index is 445. The Hall–Kier alpha value is -1.15. The molecule has 0 heterocycles. The van der Waals surface area contributed by atoms with Crippen molar-refractivity contribution in [2.75, 3.05) is 13.1 Å². The number of likely N-dealkylation sites (N-methyl/N-ethyl adjacent to an activating group) is 1. The lowest BCUT2D eigenvalue weighted by Crippen LogP contribution is -2.50. The first kappa shape index (κ1) is 15.9. The summed E-state index contributed by atoms with van der Waals surface area (Å²) in [5, 5.41) is 0. The van der Waals surface area contributed by atoms with Crippen molar-refractivity contribution in [2.45, 2.75) is 53.5 Å². The highest BCUT2D eigenvalue weighted by Crippen LogP contribution is 2.19. The molecule has 0 saturated carbocycles. The molecular weight excluding hydrogens is 234 g/mol. The summed E-state index contributed by atoms with van der Waals surface area (Å²) >= 11 is 0. The minimum atomic E-state index is -0.387. The molecule has 106 valence electrons. The van der Waals surface area contributed by atoms with Crippen LogP contribution in [0.5, 0.6) is 0 Å². The smallest absolute Gasteiger partial charge is 0.156 e. The Morgan fingerprint density at radius 3 is 2.16 bits per heavy atom. The average Bonchev–Trinajstić information content (AvgIpc) is 2.35. The molecule has 0 aromatic heterocycles. The molecule has 1 aromatic carbocycles. The van der Waals surface area contributed by atoms with Gasteiger partial charge in [-0.3, -0.25) is 9.69 Å². The quantitative estimate of drug-likeness (QED) is 0.780. The highest BCUT2D eigenvalue weighted by atomic mass is 16.1. The van der Waals surface area contributed by atoms with Gasteiger partial charge in [0.25, 0.3) is 0 Å². The SMILES string of the molecule is CCN(CC)C(C)(C)C(=O)Cc1ccc(C)c(C)c1. The number of benzene rings is 1. The summed E-state index contributed by atoms with van der Waals surface area (Å²) in [7, 11) is 0. The third-order valence-electron chi connectivity index (χ3n) is 4.17. The van der Waals surface area contributed by atoms with E-state index in [0.29, 0.717) is 12.2 Å². The van der Waals surface area contributed by atoms with Gasteiger partial charge in [0.15, 0.2) is 5.78 Å². The maximum absolute atomic E-state index is 12.5. The molecule has 0 fully saturated rings. The summed E-state index contributed by atoms with van der Waals surface area (Å²) in [6.07, 6.45) is 0.518. The zero-order valence-electron chi connectivity index (χ0n) is 13.2. The van der Waals surface area contributed by atoms with Gasteiger partial charge in [0.05, 0.1) is 5.54 Å². The van der Waals surface area contributed by atoms with E-state index >= 15 is 0 Å². The minimum absolute atomic E-state index is 0.291. The van der Waals surface area contributed by atoms with Crippen molar-refractivity contribution in [1.29, 1.82) is 0 Å². The number of nitrogens with zero attached hydrogens (tertiary/aromatic N) is 1. The van der Waals surface area contributed by atoms with Gasteiger partial charge in [-0.1, -0.05) is 32.0 Å². The van der Waals surface area contributed by atoms with Gasteiger partial charge in [0, 0.05) is 6.42 Å². The van der Waals surface area contributed by atoms with E-state index in [0.717, 1.165) is 18.7 Å². The molecule has 0 aliphatic rings. The number of hydrogen-bond donors (Lipinski definition) is 0. The third-order valence-corrected chi connectivity index (χ3v) is 4.17. The predicted molar refractivity (Wildman–Crippen MR) is 81.6 cm³/mol. The van der Waals surface area contributed by atoms with E-state index < -0.39 is 0 Å². The third kappa shape index (κ3) is 3.66. The summed E-state index contributed by atoms with van der Waals surface area (Å²) in [6.45, 7) is 14.3. The highest BCUT2D eigenvalue weighted by molar-refractivity contribution is 5.89. The molecule has 19 heavy (non-hydrogen) atoms. The maximum atomic E-state index is 12.5. The summed E-state index contributed by atoms with van der Waals surface area (Å²) in [5.74, 6) is 0.291. The number of rotatable bonds is 6. The lowest BCUT2D eigenvalue weighted by atomic mass is 9.91. The van der Waals surface area contributed by atoms with Crippen LogP contribution in [0, 0.1) is 13.8 Å². The van der Waals surface area contributed by atoms with Gasteiger partial charge in [-0.2, -0.15) is 0 Å². The zero-order valence-corrected chi connectivity index (χ0v) is 13.2. The molecule has 0 N–H and O–H groups in total. The standard InChI is InChI=1S/C17H27NO/c1-7-18(8-2)17(5,6)16(19)12-15-10-9-13(3)14(4)11-15/h9-11H,7-8,12H2,1-6H3. The van der Waals surface area contributed by atoms with Gasteiger partial charge in [-0.15, -0.1) is 0 Å². The zero-order chi connectivity index (χ0) is 14.6. The summed E-state index contributed by atoms with van der Waals surface area (Å²) in [5.41, 5.74) is 3.26. The number of ketones is 1. The van der Waals surface area contributed by atoms with Crippen LogP contribution in [-0.2, 0) is 11.2 Å². The number of carbonyl (C=O) groups is 1. The van der Waals surface area contributed by atoms with Crippen molar-refractivity contribution in [3.05, 3.63) is 34.9 Å². The van der Waals surface area contributed by atoms with E-state index in [1.807, 2.05) is 13.8 Å². The van der Waals surface area contributed by atoms with Crippen LogP contribution in [0.15, 0.2) is 18.2 Å². The summed E-state index contributed by atoms with van der Waals surface area (Å²) in [4.78, 5) is 14.8. The van der Waals surface area contributed by atoms with Crippen molar-refractivity contribution in [1.82, 2.24) is 4.90 Å². The Morgan fingerprint density at radius 1 is 1.11 bits per heavy atom. The second-order valence-electron chi connectivity index (χ2n) is 5.75. The second-order valence-corrected chi connectivity index (χ2v) is 5.75. The molecule has 0 aliphatic carbocycles. The molecule has 2 heteroatoms. The van der Waals surface area contributed by atoms with Crippen molar-refractivity contribution >= 4 is 5.78 Å². The van der Waals surface area contributed by atoms with E-state index in [-0.39, 0.29) is 5.54 Å². The molecule has 0 amide bonds. The molecule has 0 saturated heterocycles. The van der Waals surface area contributed by atoms with E-state index in [4.69, 9.17) is 0 Å². The molecule has 0 radical (unpaired) electrons. The summed E-state index contributed by atoms with van der Waals surface area (Å²) in [6, 6.07) is 6.30. The molecule has 0 atom stereocenters. The molecule has 1 rings (SSSR count). The Kier molecular flexibility index (Phi) is 5.30. The number of aryl methyl sites for hydroxylation is 2. The Balaban J connectivity index is 2.86. The molecular formula is C17H27NO. The van der Waals surface area contributed by atoms with Gasteiger partial charge < -0.3 is 0 Å². The first-order valence-corrected chi connectivity index (χ1v) is 7.17. The Morgan fingerprint density at radius 2 is 1.68 bits per heavy atom. The first-order valence-electron chi connectivity index (χ1n) is 7.17. The molecule has 0 bridgehead atoms. The van der Waals surface area contributed by atoms with Crippen molar-refractivity contribution in [3.63, 3.8) is 0 Å². The number of Topliss-reactive ketones (excluding diaryl/α,β-unsaturated/α-hetero) is 1. The van der Waals surface area contributed by atoms with Gasteiger partial charge in [-0.05, 0) is 57.5 Å². The van der Waals surface area contributed by atoms with E-state index in [1.54, 1.807) is 0 Å². The van der Waals surface area contributed by atoms with E-state index in [2.05, 4.69) is 50.8 Å². The van der Waals surface area contributed by atoms with Crippen LogP contribution < -0.4 is 0 Å². The largest absolute Gasteiger partial charge is 0.297 e. The first-order chi connectivity index (χ1) is 8.82. The van der Waals surface area contributed by atoms with Crippen LogP contribution in [0.1, 0.15) is 44.4 Å². The van der Waals surface area contributed by atoms with Crippen molar-refractivity contribution < 1.29 is 4.79 Å². The molecule has 1 aromatic rings. The normalized spacial score (nSPS) is 11.9. The van der Waals surface area contributed by atoms with Gasteiger partial charge in [-0.25, -0.2) is 0 Å². The summed E-state index contributed by atoms with van der Waals surface area (Å²) < 4.78 is 0. The van der Waals surface area contributed by atoms with Gasteiger partial charge in [0.2, 0.25) is 0 Å². The van der Waals surface area contributed by atoms with Crippen LogP contribution >= 0.6 is 0 Å². The highest BCUT2D eigenvalue weighted by Gasteiger charge is 2.32. The fourth-order valence-corrected chi connectivity index (χ4v) is 2.51. The molecule has 0 spiro atoms. The van der Waals surface area contributed by atoms with Crippen molar-refractivity contribution in [3.8, 4) is 0 Å². The fraction of sp³-hybridized carbons (Fsp3) is 0.588. The topological polar surface area (TPSA) is 20.3 Å². The van der Waals surface area contributed by atoms with Crippen LogP contribution in [-0.4, -0.2) is 29.3 Å². The Labute approximate surface area is 117 Å². The monoisotopic (exact) mass is 261 g/mol. The van der Waals surface area contributed by atoms with Gasteiger partial charge >= 0.3 is 0 Å². The second kappa shape index (κ2) is 6.33. The van der Waals surface area contributed by atoms with Gasteiger partial charge in [0.1, 0.15) is 0 Å². The van der Waals surface area contributed by atoms with Crippen LogP contribution in [0.25, 0.3) is 0 Å². The fourth-order valence-electron chi connectivity index (χ4n) is 2.51. The maximum Gasteiger partial charge on any atom is 0.156 e. The number of hydrogen-bond acceptors (Lipinski definition) is 2. The molecule has 2 nitrogen and oxygen atoms in total. The van der Waals surface area contributed by atoms with E-state index in [1.165, 1.54) is 11.1 Å². The lowest BCUT2D eigenvalue weighted by molar-refractivity contribution is -0.128. The van der Waals surface area contributed by atoms with Crippen LogP contribution in [0.3, 0.4) is 0 Å². The van der Waals surface area contributed by atoms with Crippen LogP contribution in [0.4, 0.5) is 0 Å². The van der Waals surface area contributed by atoms with Crippen LogP contribution in [0.2, 0.25) is 0 Å². The molecule has 0 unspecified atom stereocenters. The number of carbonyl (C=O) groups excluding carboxylic acids is 1.